The van der Waals surface area contributed by atoms with Gasteiger partial charge in [0.2, 0.25) is 6.79 Å². The standard InChI is InChI=1S/C21H27NO3/c23-20(14-4-5-14)25-13-24-16-7-6-15-11-19-17-3-1-2-8-21(17,9-10-22-19)18(15)12-16/h6-7,12,14,17,19,22H,1-5,8-11,13H2/t17-,19+,21+/m0/s1. The normalized spacial score (nSPS) is 33.1. The summed E-state index contributed by atoms with van der Waals surface area (Å²) >= 11 is 0. The second-order valence-corrected chi connectivity index (χ2v) is 8.34. The first-order valence-electron chi connectivity index (χ1n) is 9.92. The van der Waals surface area contributed by atoms with Crippen LogP contribution >= 0.6 is 0 Å². The number of hydrogen-bond acceptors (Lipinski definition) is 4. The largest absolute Gasteiger partial charge is 0.457 e. The van der Waals surface area contributed by atoms with E-state index in [1.54, 1.807) is 0 Å². The molecule has 5 rings (SSSR count). The second-order valence-electron chi connectivity index (χ2n) is 8.34. The van der Waals surface area contributed by atoms with Crippen molar-refractivity contribution in [2.24, 2.45) is 11.8 Å². The third-order valence-electron chi connectivity index (χ3n) is 6.96. The van der Waals surface area contributed by atoms with Gasteiger partial charge in [0.25, 0.3) is 0 Å². The average Bonchev–Trinajstić information content (AvgIpc) is 3.47. The lowest BCUT2D eigenvalue weighted by molar-refractivity contribution is -0.151. The summed E-state index contributed by atoms with van der Waals surface area (Å²) < 4.78 is 11.0. The second kappa shape index (κ2) is 6.01. The van der Waals surface area contributed by atoms with Gasteiger partial charge < -0.3 is 14.8 Å². The zero-order chi connectivity index (χ0) is 16.9. The Morgan fingerprint density at radius 1 is 1.20 bits per heavy atom. The molecule has 4 nitrogen and oxygen atoms in total. The van der Waals surface area contributed by atoms with Gasteiger partial charge in [-0.2, -0.15) is 0 Å². The van der Waals surface area contributed by atoms with Crippen molar-refractivity contribution in [3.63, 3.8) is 0 Å². The Morgan fingerprint density at radius 3 is 3.00 bits per heavy atom. The van der Waals surface area contributed by atoms with Crippen LogP contribution in [0.25, 0.3) is 0 Å². The summed E-state index contributed by atoms with van der Waals surface area (Å²) in [7, 11) is 0. The summed E-state index contributed by atoms with van der Waals surface area (Å²) in [6, 6.07) is 7.17. The molecule has 25 heavy (non-hydrogen) atoms. The highest BCUT2D eigenvalue weighted by atomic mass is 16.7. The molecule has 1 saturated heterocycles. The monoisotopic (exact) mass is 341 g/mol. The fraction of sp³-hybridized carbons (Fsp3) is 0.667. The Balaban J connectivity index is 1.38. The summed E-state index contributed by atoms with van der Waals surface area (Å²) in [6.45, 7) is 1.17. The SMILES string of the molecule is O=C(OCOc1ccc2c(c1)[C@@]13CCCC[C@H]1[C@@H](C2)NCC3)C1CC1. The molecule has 1 aromatic rings. The van der Waals surface area contributed by atoms with E-state index in [-0.39, 0.29) is 18.7 Å². The van der Waals surface area contributed by atoms with Crippen LogP contribution in [0.15, 0.2) is 18.2 Å². The number of rotatable bonds is 4. The van der Waals surface area contributed by atoms with Gasteiger partial charge in [-0.25, -0.2) is 0 Å². The first-order valence-corrected chi connectivity index (χ1v) is 9.92. The quantitative estimate of drug-likeness (QED) is 0.674. The van der Waals surface area contributed by atoms with Crippen molar-refractivity contribution >= 4 is 5.97 Å². The Labute approximate surface area is 149 Å². The fourth-order valence-electron chi connectivity index (χ4n) is 5.59. The Hall–Kier alpha value is -1.55. The minimum absolute atomic E-state index is 0.0364. The molecule has 134 valence electrons. The zero-order valence-electron chi connectivity index (χ0n) is 14.8. The molecule has 0 spiro atoms. The van der Waals surface area contributed by atoms with E-state index < -0.39 is 0 Å². The number of esters is 1. The summed E-state index contributed by atoms with van der Waals surface area (Å²) in [6.07, 6.45) is 9.68. The van der Waals surface area contributed by atoms with Gasteiger partial charge in [0.05, 0.1) is 5.92 Å². The molecule has 3 fully saturated rings. The molecular formula is C21H27NO3. The molecule has 1 aromatic carbocycles. The zero-order valence-corrected chi connectivity index (χ0v) is 14.8. The molecule has 3 atom stereocenters. The Morgan fingerprint density at radius 2 is 2.12 bits per heavy atom. The minimum atomic E-state index is -0.106. The van der Waals surface area contributed by atoms with Crippen molar-refractivity contribution in [3.05, 3.63) is 29.3 Å². The summed E-state index contributed by atoms with van der Waals surface area (Å²) in [5, 5.41) is 3.77. The van der Waals surface area contributed by atoms with Crippen molar-refractivity contribution in [1.29, 1.82) is 0 Å². The number of hydrogen-bond donors (Lipinski definition) is 1. The molecule has 2 saturated carbocycles. The van der Waals surface area contributed by atoms with E-state index in [1.165, 1.54) is 43.2 Å². The molecule has 3 aliphatic carbocycles. The van der Waals surface area contributed by atoms with Crippen LogP contribution in [0.5, 0.6) is 5.75 Å². The van der Waals surface area contributed by atoms with Crippen LogP contribution in [0.3, 0.4) is 0 Å². The third-order valence-corrected chi connectivity index (χ3v) is 6.96. The van der Waals surface area contributed by atoms with Gasteiger partial charge in [0.1, 0.15) is 5.75 Å². The van der Waals surface area contributed by atoms with Gasteiger partial charge in [-0.05, 0) is 74.2 Å². The third kappa shape index (κ3) is 2.66. The van der Waals surface area contributed by atoms with Crippen molar-refractivity contribution in [1.82, 2.24) is 5.32 Å². The van der Waals surface area contributed by atoms with Crippen LogP contribution in [-0.2, 0) is 21.4 Å². The first-order chi connectivity index (χ1) is 12.3. The van der Waals surface area contributed by atoms with Crippen LogP contribution in [0.4, 0.5) is 0 Å². The Bertz CT molecular complexity index is 680. The molecule has 1 N–H and O–H groups in total. The minimum Gasteiger partial charge on any atom is -0.457 e. The summed E-state index contributed by atoms with van der Waals surface area (Å²) in [5.74, 6) is 1.63. The maximum Gasteiger partial charge on any atom is 0.311 e. The maximum atomic E-state index is 11.6. The number of piperidine rings is 1. The topological polar surface area (TPSA) is 47.6 Å². The molecule has 4 heteroatoms. The van der Waals surface area contributed by atoms with Crippen molar-refractivity contribution < 1.29 is 14.3 Å². The van der Waals surface area contributed by atoms with Crippen LogP contribution in [0.2, 0.25) is 0 Å². The lowest BCUT2D eigenvalue weighted by Gasteiger charge is -2.56. The average molecular weight is 341 g/mol. The van der Waals surface area contributed by atoms with Crippen LogP contribution in [0, 0.1) is 11.8 Å². The van der Waals surface area contributed by atoms with E-state index in [0.717, 1.165) is 37.5 Å². The van der Waals surface area contributed by atoms with E-state index in [2.05, 4.69) is 17.4 Å². The number of benzene rings is 1. The summed E-state index contributed by atoms with van der Waals surface area (Å²) in [5.41, 5.74) is 3.34. The lowest BCUT2D eigenvalue weighted by Crippen LogP contribution is -2.59. The maximum absolute atomic E-state index is 11.6. The highest BCUT2D eigenvalue weighted by Gasteiger charge is 2.51. The molecule has 4 aliphatic rings. The van der Waals surface area contributed by atoms with E-state index in [4.69, 9.17) is 9.47 Å². The van der Waals surface area contributed by atoms with Crippen molar-refractivity contribution in [3.8, 4) is 5.75 Å². The van der Waals surface area contributed by atoms with E-state index in [0.29, 0.717) is 11.5 Å². The lowest BCUT2D eigenvalue weighted by atomic mass is 9.53. The number of ether oxygens (including phenoxy) is 2. The van der Waals surface area contributed by atoms with Crippen molar-refractivity contribution in [2.45, 2.75) is 62.8 Å². The molecule has 0 radical (unpaired) electrons. The predicted molar refractivity (Wildman–Crippen MR) is 94.5 cm³/mol. The van der Waals surface area contributed by atoms with Gasteiger partial charge in [-0.3, -0.25) is 4.79 Å². The smallest absolute Gasteiger partial charge is 0.311 e. The van der Waals surface area contributed by atoms with Crippen LogP contribution in [-0.4, -0.2) is 25.3 Å². The van der Waals surface area contributed by atoms with Gasteiger partial charge in [-0.1, -0.05) is 18.9 Å². The fourth-order valence-corrected chi connectivity index (χ4v) is 5.59. The highest BCUT2D eigenvalue weighted by molar-refractivity contribution is 5.74. The summed E-state index contributed by atoms with van der Waals surface area (Å²) in [4.78, 5) is 11.6. The van der Waals surface area contributed by atoms with Crippen LogP contribution < -0.4 is 10.1 Å². The van der Waals surface area contributed by atoms with Crippen LogP contribution in [0.1, 0.15) is 56.1 Å². The Kier molecular flexibility index (Phi) is 3.77. The number of nitrogens with one attached hydrogen (secondary N) is 1. The molecule has 2 bridgehead atoms. The van der Waals surface area contributed by atoms with E-state index in [9.17, 15) is 4.79 Å². The molecule has 0 unspecified atom stereocenters. The predicted octanol–water partition coefficient (Wildman–Crippen LogP) is 3.32. The molecule has 1 aliphatic heterocycles. The van der Waals surface area contributed by atoms with E-state index >= 15 is 0 Å². The van der Waals surface area contributed by atoms with Gasteiger partial charge in [0.15, 0.2) is 0 Å². The van der Waals surface area contributed by atoms with Gasteiger partial charge in [-0.15, -0.1) is 0 Å². The van der Waals surface area contributed by atoms with Crippen molar-refractivity contribution in [2.75, 3.05) is 13.3 Å². The molecule has 0 aromatic heterocycles. The van der Waals surface area contributed by atoms with Gasteiger partial charge >= 0.3 is 5.97 Å². The number of fused-ring (bicyclic) bond motifs is 1. The number of carbonyl (C=O) groups is 1. The number of carbonyl (C=O) groups excluding carboxylic acids is 1. The van der Waals surface area contributed by atoms with Gasteiger partial charge in [0, 0.05) is 11.5 Å². The first kappa shape index (κ1) is 15.7. The highest BCUT2D eigenvalue weighted by Crippen LogP contribution is 2.54. The molecule has 0 amide bonds. The van der Waals surface area contributed by atoms with E-state index in [1.807, 2.05) is 6.07 Å². The molecular weight excluding hydrogens is 314 g/mol. The molecule has 1 heterocycles.